The van der Waals surface area contributed by atoms with Crippen molar-refractivity contribution >= 4 is 11.4 Å². The molecule has 158 valence electrons. The van der Waals surface area contributed by atoms with Gasteiger partial charge in [-0.15, -0.1) is 0 Å². The number of rotatable bonds is 6. The SMILES string of the molecule is Cc1cnc(C2=C(COCCN)NC3=C(C(=O)CC(C)(C)C3)C2c2cccnc2)o1. The maximum Gasteiger partial charge on any atom is 0.224 e. The van der Waals surface area contributed by atoms with E-state index in [0.29, 0.717) is 37.8 Å². The molecular weight excluding hydrogens is 380 g/mol. The normalized spacial score (nSPS) is 20.9. The molecule has 2 aliphatic rings. The second-order valence-electron chi connectivity index (χ2n) is 8.69. The average Bonchev–Trinajstić information content (AvgIpc) is 3.12. The number of oxazole rings is 1. The summed E-state index contributed by atoms with van der Waals surface area (Å²) in [6, 6.07) is 3.88. The van der Waals surface area contributed by atoms with E-state index in [9.17, 15) is 4.79 Å². The van der Waals surface area contributed by atoms with E-state index in [0.717, 1.165) is 34.5 Å². The lowest BCUT2D eigenvalue weighted by molar-refractivity contribution is -0.118. The summed E-state index contributed by atoms with van der Waals surface area (Å²) in [4.78, 5) is 22.1. The van der Waals surface area contributed by atoms with Gasteiger partial charge in [0.1, 0.15) is 5.76 Å². The Morgan fingerprint density at radius 1 is 1.30 bits per heavy atom. The summed E-state index contributed by atoms with van der Waals surface area (Å²) >= 11 is 0. The van der Waals surface area contributed by atoms with E-state index in [1.54, 1.807) is 12.4 Å². The first-order valence-electron chi connectivity index (χ1n) is 10.3. The number of ketones is 1. The van der Waals surface area contributed by atoms with Crippen LogP contribution in [-0.4, -0.2) is 35.5 Å². The predicted octanol–water partition coefficient (Wildman–Crippen LogP) is 3.09. The molecule has 0 saturated carbocycles. The van der Waals surface area contributed by atoms with Crippen LogP contribution in [0.2, 0.25) is 0 Å². The van der Waals surface area contributed by atoms with Crippen molar-refractivity contribution in [3.63, 3.8) is 0 Å². The van der Waals surface area contributed by atoms with Crippen molar-refractivity contribution in [2.45, 2.75) is 39.5 Å². The quantitative estimate of drug-likeness (QED) is 0.708. The summed E-state index contributed by atoms with van der Waals surface area (Å²) in [6.07, 6.45) is 6.51. The maximum atomic E-state index is 13.3. The number of nitrogens with one attached hydrogen (secondary N) is 1. The van der Waals surface area contributed by atoms with Gasteiger partial charge in [-0.2, -0.15) is 0 Å². The Kier molecular flexibility index (Phi) is 5.58. The molecular formula is C23H28N4O3. The third kappa shape index (κ3) is 3.95. The Bertz CT molecular complexity index is 1000. The second-order valence-corrected chi connectivity index (χ2v) is 8.69. The first kappa shape index (κ1) is 20.5. The molecule has 2 aromatic heterocycles. The molecule has 7 heteroatoms. The highest BCUT2D eigenvalue weighted by Gasteiger charge is 2.43. The molecule has 1 aliphatic carbocycles. The summed E-state index contributed by atoms with van der Waals surface area (Å²) in [6.45, 7) is 7.31. The first-order chi connectivity index (χ1) is 14.4. The van der Waals surface area contributed by atoms with Crippen LogP contribution >= 0.6 is 0 Å². The number of aryl methyl sites for hydroxylation is 1. The molecule has 0 bridgehead atoms. The van der Waals surface area contributed by atoms with Gasteiger partial charge in [-0.3, -0.25) is 9.78 Å². The maximum absolute atomic E-state index is 13.3. The largest absolute Gasteiger partial charge is 0.442 e. The molecule has 0 aromatic carbocycles. The smallest absolute Gasteiger partial charge is 0.224 e. The van der Waals surface area contributed by atoms with Gasteiger partial charge in [0.2, 0.25) is 5.89 Å². The molecule has 0 fully saturated rings. The summed E-state index contributed by atoms with van der Waals surface area (Å²) in [5.74, 6) is 1.03. The minimum Gasteiger partial charge on any atom is -0.442 e. The van der Waals surface area contributed by atoms with E-state index < -0.39 is 0 Å². The summed E-state index contributed by atoms with van der Waals surface area (Å²) in [7, 11) is 0. The number of dihydropyridines is 1. The summed E-state index contributed by atoms with van der Waals surface area (Å²) < 4.78 is 11.7. The lowest BCUT2D eigenvalue weighted by Crippen LogP contribution is -2.38. The van der Waals surface area contributed by atoms with Crippen LogP contribution < -0.4 is 11.1 Å². The van der Waals surface area contributed by atoms with Crippen molar-refractivity contribution < 1.29 is 13.9 Å². The van der Waals surface area contributed by atoms with Crippen LogP contribution in [0.15, 0.2) is 52.1 Å². The molecule has 4 rings (SSSR count). The van der Waals surface area contributed by atoms with Crippen molar-refractivity contribution in [1.82, 2.24) is 15.3 Å². The van der Waals surface area contributed by atoms with E-state index in [-0.39, 0.29) is 17.1 Å². The zero-order valence-electron chi connectivity index (χ0n) is 17.7. The number of hydrogen-bond donors (Lipinski definition) is 2. The second kappa shape index (κ2) is 8.16. The van der Waals surface area contributed by atoms with E-state index in [1.165, 1.54) is 0 Å². The van der Waals surface area contributed by atoms with Crippen LogP contribution in [0.1, 0.15) is 49.8 Å². The molecule has 1 aliphatic heterocycles. The Morgan fingerprint density at radius 2 is 2.13 bits per heavy atom. The molecule has 0 spiro atoms. The van der Waals surface area contributed by atoms with Gasteiger partial charge in [0, 0.05) is 48.1 Å². The van der Waals surface area contributed by atoms with Gasteiger partial charge < -0.3 is 20.2 Å². The average molecular weight is 409 g/mol. The fourth-order valence-electron chi connectivity index (χ4n) is 4.33. The highest BCUT2D eigenvalue weighted by molar-refractivity contribution is 6.03. The number of aromatic nitrogens is 2. The Labute approximate surface area is 176 Å². The molecule has 2 aromatic rings. The predicted molar refractivity (Wildman–Crippen MR) is 113 cm³/mol. The number of ether oxygens (including phenoxy) is 1. The molecule has 3 N–H and O–H groups in total. The lowest BCUT2D eigenvalue weighted by atomic mass is 9.68. The number of carbonyl (C=O) groups excluding carboxylic acids is 1. The molecule has 1 unspecified atom stereocenters. The van der Waals surface area contributed by atoms with Crippen molar-refractivity contribution in [2.24, 2.45) is 11.1 Å². The highest BCUT2D eigenvalue weighted by Crippen LogP contribution is 2.49. The fourth-order valence-corrected chi connectivity index (χ4v) is 4.33. The molecule has 0 saturated heterocycles. The molecule has 1 atom stereocenters. The number of pyridine rings is 1. The van der Waals surface area contributed by atoms with Crippen LogP contribution in [0.4, 0.5) is 0 Å². The molecule has 30 heavy (non-hydrogen) atoms. The number of Topliss-reactive ketones (excluding diaryl/α,β-unsaturated/α-hetero) is 1. The van der Waals surface area contributed by atoms with Crippen LogP contribution in [0.25, 0.3) is 5.57 Å². The van der Waals surface area contributed by atoms with Crippen molar-refractivity contribution in [1.29, 1.82) is 0 Å². The van der Waals surface area contributed by atoms with Crippen molar-refractivity contribution in [3.05, 3.63) is 64.9 Å². The zero-order valence-corrected chi connectivity index (χ0v) is 17.7. The van der Waals surface area contributed by atoms with Crippen LogP contribution in [0.3, 0.4) is 0 Å². The number of nitrogens with zero attached hydrogens (tertiary/aromatic N) is 2. The number of allylic oxidation sites excluding steroid dienone is 3. The molecule has 0 amide bonds. The Morgan fingerprint density at radius 3 is 2.80 bits per heavy atom. The van der Waals surface area contributed by atoms with Crippen molar-refractivity contribution in [3.8, 4) is 0 Å². The zero-order chi connectivity index (χ0) is 21.3. The van der Waals surface area contributed by atoms with Crippen LogP contribution in [0.5, 0.6) is 0 Å². The molecule has 0 radical (unpaired) electrons. The van der Waals surface area contributed by atoms with E-state index >= 15 is 0 Å². The van der Waals surface area contributed by atoms with Gasteiger partial charge in [0.25, 0.3) is 0 Å². The Hall–Kier alpha value is -2.77. The van der Waals surface area contributed by atoms with E-state index in [1.807, 2.05) is 25.3 Å². The van der Waals surface area contributed by atoms with E-state index in [2.05, 4.69) is 29.1 Å². The number of nitrogens with two attached hydrogens (primary N) is 1. The minimum atomic E-state index is -0.312. The molecule has 3 heterocycles. The third-order valence-corrected chi connectivity index (χ3v) is 5.50. The topological polar surface area (TPSA) is 103 Å². The summed E-state index contributed by atoms with van der Waals surface area (Å²) in [5, 5.41) is 3.51. The third-order valence-electron chi connectivity index (χ3n) is 5.50. The Balaban J connectivity index is 1.89. The van der Waals surface area contributed by atoms with Gasteiger partial charge in [0.05, 0.1) is 25.1 Å². The monoisotopic (exact) mass is 408 g/mol. The van der Waals surface area contributed by atoms with E-state index in [4.69, 9.17) is 14.9 Å². The van der Waals surface area contributed by atoms with Gasteiger partial charge in [-0.05, 0) is 30.4 Å². The minimum absolute atomic E-state index is 0.108. The number of hydrogen-bond acceptors (Lipinski definition) is 7. The lowest BCUT2D eigenvalue weighted by Gasteiger charge is -2.39. The van der Waals surface area contributed by atoms with Crippen LogP contribution in [0, 0.1) is 12.3 Å². The number of carbonyl (C=O) groups is 1. The van der Waals surface area contributed by atoms with Gasteiger partial charge >= 0.3 is 0 Å². The standard InChI is InChI=1S/C23H28N4O3/c1-14-11-26-22(30-14)21-17(13-29-8-6-24)27-16-9-23(2,3)10-18(28)20(16)19(21)15-5-4-7-25-12-15/h4-5,7,11-12,19,27H,6,8-10,13,24H2,1-3H3. The highest BCUT2D eigenvalue weighted by atomic mass is 16.5. The fraction of sp³-hybridized carbons (Fsp3) is 0.435. The van der Waals surface area contributed by atoms with Crippen molar-refractivity contribution in [2.75, 3.05) is 19.8 Å². The van der Waals surface area contributed by atoms with Gasteiger partial charge in [-0.1, -0.05) is 19.9 Å². The van der Waals surface area contributed by atoms with Crippen LogP contribution in [-0.2, 0) is 9.53 Å². The van der Waals surface area contributed by atoms with Gasteiger partial charge in [-0.25, -0.2) is 4.98 Å². The van der Waals surface area contributed by atoms with Gasteiger partial charge in [0.15, 0.2) is 5.78 Å². The summed E-state index contributed by atoms with van der Waals surface area (Å²) in [5.41, 5.74) is 9.83. The first-order valence-corrected chi connectivity index (χ1v) is 10.3. The molecule has 7 nitrogen and oxygen atoms in total.